The SMILES string of the molecule is Cc1ccc(COc2ccc(Br)cc2C=C(C#N)C(=O)O)cc1. The minimum Gasteiger partial charge on any atom is -0.488 e. The molecule has 0 saturated heterocycles. The topological polar surface area (TPSA) is 70.3 Å². The molecule has 0 saturated carbocycles. The average Bonchev–Trinajstić information content (AvgIpc) is 2.53. The largest absolute Gasteiger partial charge is 0.488 e. The van der Waals surface area contributed by atoms with E-state index in [1.165, 1.54) is 11.6 Å². The van der Waals surface area contributed by atoms with Crippen molar-refractivity contribution in [1.82, 2.24) is 0 Å². The molecular formula is C18H14BrNO3. The van der Waals surface area contributed by atoms with Gasteiger partial charge in [0.15, 0.2) is 0 Å². The molecule has 2 aromatic carbocycles. The molecule has 1 N–H and O–H groups in total. The lowest BCUT2D eigenvalue weighted by Crippen LogP contribution is -2.00. The van der Waals surface area contributed by atoms with Crippen molar-refractivity contribution >= 4 is 28.0 Å². The Kier molecular flexibility index (Phi) is 5.56. The van der Waals surface area contributed by atoms with E-state index in [4.69, 9.17) is 15.1 Å². The number of benzene rings is 2. The molecule has 0 radical (unpaired) electrons. The van der Waals surface area contributed by atoms with E-state index < -0.39 is 5.97 Å². The number of rotatable bonds is 5. The van der Waals surface area contributed by atoms with E-state index in [0.717, 1.165) is 10.0 Å². The van der Waals surface area contributed by atoms with Crippen LogP contribution < -0.4 is 4.74 Å². The summed E-state index contributed by atoms with van der Waals surface area (Å²) < 4.78 is 6.55. The quantitative estimate of drug-likeness (QED) is 0.627. The standard InChI is InChI=1S/C18H14BrNO3/c1-12-2-4-13(5-3-12)11-23-17-7-6-16(19)9-14(17)8-15(10-20)18(21)22/h2-9H,11H2,1H3,(H,21,22). The molecule has 116 valence electrons. The molecule has 0 aliphatic heterocycles. The van der Waals surface area contributed by atoms with Gasteiger partial charge in [0.1, 0.15) is 24.0 Å². The van der Waals surface area contributed by atoms with Gasteiger partial charge in [0.05, 0.1) is 0 Å². The molecule has 0 bridgehead atoms. The van der Waals surface area contributed by atoms with E-state index in [0.29, 0.717) is 17.9 Å². The fraction of sp³-hybridized carbons (Fsp3) is 0.111. The monoisotopic (exact) mass is 371 g/mol. The first-order chi connectivity index (χ1) is 11.0. The number of nitriles is 1. The van der Waals surface area contributed by atoms with Gasteiger partial charge in [-0.05, 0) is 36.8 Å². The van der Waals surface area contributed by atoms with Gasteiger partial charge >= 0.3 is 5.97 Å². The molecule has 0 heterocycles. The number of nitrogens with zero attached hydrogens (tertiary/aromatic N) is 1. The Morgan fingerprint density at radius 2 is 2.00 bits per heavy atom. The smallest absolute Gasteiger partial charge is 0.346 e. The van der Waals surface area contributed by atoms with Crippen molar-refractivity contribution in [2.75, 3.05) is 0 Å². The summed E-state index contributed by atoms with van der Waals surface area (Å²) in [4.78, 5) is 11.0. The van der Waals surface area contributed by atoms with Crippen LogP contribution in [0.1, 0.15) is 16.7 Å². The highest BCUT2D eigenvalue weighted by Crippen LogP contribution is 2.26. The molecule has 0 atom stereocenters. The van der Waals surface area contributed by atoms with Crippen molar-refractivity contribution in [2.45, 2.75) is 13.5 Å². The molecule has 5 heteroatoms. The number of carboxylic acid groups (broad SMARTS) is 1. The van der Waals surface area contributed by atoms with Gasteiger partial charge in [0.2, 0.25) is 0 Å². The number of aryl methyl sites for hydroxylation is 1. The predicted octanol–water partition coefficient (Wildman–Crippen LogP) is 4.33. The molecule has 2 rings (SSSR count). The highest BCUT2D eigenvalue weighted by Gasteiger charge is 2.10. The minimum absolute atomic E-state index is 0.344. The second kappa shape index (κ2) is 7.61. The minimum atomic E-state index is -1.27. The molecule has 0 aliphatic rings. The second-order valence-electron chi connectivity index (χ2n) is 4.93. The van der Waals surface area contributed by atoms with Gasteiger partial charge in [0.25, 0.3) is 0 Å². The van der Waals surface area contributed by atoms with Crippen molar-refractivity contribution in [1.29, 1.82) is 5.26 Å². The van der Waals surface area contributed by atoms with E-state index in [2.05, 4.69) is 15.9 Å². The maximum absolute atomic E-state index is 11.0. The van der Waals surface area contributed by atoms with Crippen LogP contribution in [0.3, 0.4) is 0 Å². The van der Waals surface area contributed by atoms with Crippen LogP contribution in [-0.4, -0.2) is 11.1 Å². The summed E-state index contributed by atoms with van der Waals surface area (Å²) in [6, 6.07) is 14.9. The maximum Gasteiger partial charge on any atom is 0.346 e. The first kappa shape index (κ1) is 16.8. The van der Waals surface area contributed by atoms with Gasteiger partial charge < -0.3 is 9.84 Å². The van der Waals surface area contributed by atoms with Crippen molar-refractivity contribution in [3.05, 3.63) is 69.2 Å². The van der Waals surface area contributed by atoms with Gasteiger partial charge in [-0.25, -0.2) is 4.79 Å². The van der Waals surface area contributed by atoms with E-state index >= 15 is 0 Å². The third-order valence-corrected chi connectivity index (χ3v) is 3.63. The van der Waals surface area contributed by atoms with Crippen LogP contribution >= 0.6 is 15.9 Å². The fourth-order valence-electron chi connectivity index (χ4n) is 1.91. The summed E-state index contributed by atoms with van der Waals surface area (Å²) in [5.74, 6) is -0.750. The van der Waals surface area contributed by atoms with E-state index in [9.17, 15) is 4.79 Å². The summed E-state index contributed by atoms with van der Waals surface area (Å²) in [7, 11) is 0. The molecule has 4 nitrogen and oxygen atoms in total. The molecule has 0 aromatic heterocycles. The predicted molar refractivity (Wildman–Crippen MR) is 90.9 cm³/mol. The van der Waals surface area contributed by atoms with Crippen LogP contribution in [-0.2, 0) is 11.4 Å². The van der Waals surface area contributed by atoms with E-state index in [1.54, 1.807) is 24.3 Å². The Bertz CT molecular complexity index is 789. The van der Waals surface area contributed by atoms with Gasteiger partial charge in [-0.3, -0.25) is 0 Å². The third kappa shape index (κ3) is 4.70. The van der Waals surface area contributed by atoms with Crippen molar-refractivity contribution < 1.29 is 14.6 Å². The molecule has 23 heavy (non-hydrogen) atoms. The van der Waals surface area contributed by atoms with Gasteiger partial charge in [-0.2, -0.15) is 5.26 Å². The number of carbonyl (C=O) groups is 1. The molecule has 0 amide bonds. The zero-order valence-electron chi connectivity index (χ0n) is 12.4. The number of ether oxygens (including phenoxy) is 1. The van der Waals surface area contributed by atoms with Gasteiger partial charge in [-0.1, -0.05) is 45.8 Å². The Balaban J connectivity index is 2.27. The fourth-order valence-corrected chi connectivity index (χ4v) is 2.29. The second-order valence-corrected chi connectivity index (χ2v) is 5.85. The summed E-state index contributed by atoms with van der Waals surface area (Å²) in [5, 5.41) is 17.9. The van der Waals surface area contributed by atoms with Gasteiger partial charge in [-0.15, -0.1) is 0 Å². The van der Waals surface area contributed by atoms with Crippen LogP contribution in [0.4, 0.5) is 0 Å². The van der Waals surface area contributed by atoms with Crippen LogP contribution in [0.2, 0.25) is 0 Å². The Labute approximate surface area is 142 Å². The molecule has 0 fully saturated rings. The van der Waals surface area contributed by atoms with Crippen LogP contribution in [0.15, 0.2) is 52.5 Å². The average molecular weight is 372 g/mol. The maximum atomic E-state index is 11.0. The van der Waals surface area contributed by atoms with E-state index in [1.807, 2.05) is 31.2 Å². The Hall–Kier alpha value is -2.58. The normalized spacial score (nSPS) is 10.9. The molecular weight excluding hydrogens is 358 g/mol. The zero-order valence-corrected chi connectivity index (χ0v) is 14.0. The third-order valence-electron chi connectivity index (χ3n) is 3.14. The van der Waals surface area contributed by atoms with Crippen LogP contribution in [0.5, 0.6) is 5.75 Å². The Morgan fingerprint density at radius 1 is 1.30 bits per heavy atom. The zero-order chi connectivity index (χ0) is 16.8. The lowest BCUT2D eigenvalue weighted by Gasteiger charge is -2.10. The van der Waals surface area contributed by atoms with Crippen molar-refractivity contribution in [3.8, 4) is 11.8 Å². The molecule has 0 unspecified atom stereocenters. The van der Waals surface area contributed by atoms with Gasteiger partial charge in [0, 0.05) is 10.0 Å². The van der Waals surface area contributed by atoms with Crippen LogP contribution in [0.25, 0.3) is 6.08 Å². The lowest BCUT2D eigenvalue weighted by molar-refractivity contribution is -0.132. The number of carboxylic acids is 1. The summed E-state index contributed by atoms with van der Waals surface area (Å²) in [6.45, 7) is 2.37. The van der Waals surface area contributed by atoms with E-state index in [-0.39, 0.29) is 5.57 Å². The lowest BCUT2D eigenvalue weighted by atomic mass is 10.1. The first-order valence-corrected chi connectivity index (χ1v) is 7.62. The number of halogens is 1. The summed E-state index contributed by atoms with van der Waals surface area (Å²) in [5.41, 5.74) is 2.36. The first-order valence-electron chi connectivity index (χ1n) is 6.82. The molecule has 2 aromatic rings. The summed E-state index contributed by atoms with van der Waals surface area (Å²) in [6.07, 6.45) is 1.30. The number of aliphatic carboxylic acids is 1. The molecule has 0 aliphatic carbocycles. The van der Waals surface area contributed by atoms with Crippen LogP contribution in [0, 0.1) is 18.3 Å². The number of hydrogen-bond acceptors (Lipinski definition) is 3. The Morgan fingerprint density at radius 3 is 2.61 bits per heavy atom. The van der Waals surface area contributed by atoms with Crippen molar-refractivity contribution in [2.24, 2.45) is 0 Å². The summed E-state index contributed by atoms with van der Waals surface area (Å²) >= 11 is 3.33. The number of hydrogen-bond donors (Lipinski definition) is 1. The highest BCUT2D eigenvalue weighted by molar-refractivity contribution is 9.10. The highest BCUT2D eigenvalue weighted by atomic mass is 79.9. The molecule has 0 spiro atoms. The van der Waals surface area contributed by atoms with Crippen molar-refractivity contribution in [3.63, 3.8) is 0 Å².